The summed E-state index contributed by atoms with van der Waals surface area (Å²) < 4.78 is 5.93. The van der Waals surface area contributed by atoms with Gasteiger partial charge in [0, 0.05) is 0 Å². The molecule has 1 heteroatoms. The summed E-state index contributed by atoms with van der Waals surface area (Å²) in [6, 6.07) is 0. The van der Waals surface area contributed by atoms with E-state index in [0.717, 1.165) is 36.2 Å². The maximum absolute atomic E-state index is 5.93. The summed E-state index contributed by atoms with van der Waals surface area (Å²) in [5.41, 5.74) is 0. The van der Waals surface area contributed by atoms with E-state index in [1.165, 1.54) is 12.8 Å². The molecule has 0 spiro atoms. The molecule has 1 saturated carbocycles. The zero-order valence-electron chi connectivity index (χ0n) is 9.99. The first kappa shape index (κ1) is 10.5. The number of hydrogen-bond donors (Lipinski definition) is 0. The van der Waals surface area contributed by atoms with Crippen LogP contribution in [-0.4, -0.2) is 12.7 Å². The van der Waals surface area contributed by atoms with Crippen molar-refractivity contribution in [3.8, 4) is 0 Å². The lowest BCUT2D eigenvalue weighted by molar-refractivity contribution is -0.147. The van der Waals surface area contributed by atoms with Gasteiger partial charge >= 0.3 is 0 Å². The molecule has 0 aromatic heterocycles. The number of rotatable bonds is 2. The molecule has 4 unspecified atom stereocenters. The van der Waals surface area contributed by atoms with Gasteiger partial charge in [0.2, 0.25) is 0 Å². The highest BCUT2D eigenvalue weighted by molar-refractivity contribution is 4.92. The molecule has 1 nitrogen and oxygen atoms in total. The molecule has 1 aliphatic carbocycles. The lowest BCUT2D eigenvalue weighted by atomic mass is 9.64. The van der Waals surface area contributed by atoms with Crippen LogP contribution < -0.4 is 0 Å². The van der Waals surface area contributed by atoms with Crippen LogP contribution in [0.3, 0.4) is 0 Å². The molecule has 2 saturated heterocycles. The quantitative estimate of drug-likeness (QED) is 0.658. The largest absolute Gasteiger partial charge is 0.378 e. The highest BCUT2D eigenvalue weighted by Gasteiger charge is 2.44. The third-order valence-corrected chi connectivity index (χ3v) is 4.40. The van der Waals surface area contributed by atoms with Crippen molar-refractivity contribution in [3.05, 3.63) is 0 Å². The maximum atomic E-state index is 5.93. The minimum Gasteiger partial charge on any atom is -0.378 e. The lowest BCUT2D eigenvalue weighted by Crippen LogP contribution is -2.48. The fourth-order valence-electron chi connectivity index (χ4n) is 3.46. The van der Waals surface area contributed by atoms with E-state index in [1.807, 2.05) is 0 Å². The minimum atomic E-state index is 0.576. The van der Waals surface area contributed by atoms with E-state index >= 15 is 0 Å². The van der Waals surface area contributed by atoms with Crippen LogP contribution in [0.5, 0.6) is 0 Å². The molecule has 82 valence electrons. The summed E-state index contributed by atoms with van der Waals surface area (Å²) in [5.74, 6) is 4.27. The zero-order valence-corrected chi connectivity index (χ0v) is 9.99. The van der Waals surface area contributed by atoms with Gasteiger partial charge in [-0.05, 0) is 42.4 Å². The molecular formula is C13H24O. The first-order valence-corrected chi connectivity index (χ1v) is 6.21. The summed E-state index contributed by atoms with van der Waals surface area (Å²) >= 11 is 0. The van der Waals surface area contributed by atoms with E-state index < -0.39 is 0 Å². The van der Waals surface area contributed by atoms with Crippen molar-refractivity contribution in [3.63, 3.8) is 0 Å². The van der Waals surface area contributed by atoms with Crippen molar-refractivity contribution < 1.29 is 4.74 Å². The van der Waals surface area contributed by atoms with Crippen LogP contribution in [0.15, 0.2) is 0 Å². The van der Waals surface area contributed by atoms with E-state index in [2.05, 4.69) is 27.7 Å². The van der Waals surface area contributed by atoms with E-state index in [-0.39, 0.29) is 0 Å². The standard InChI is InChI=1S/C13H24O/c1-8(2)11-6-13-12(9(3)4)5-10(11)7-14-13/h8-13H,5-7H2,1-4H3. The molecule has 3 aliphatic rings. The zero-order chi connectivity index (χ0) is 10.3. The Kier molecular flexibility index (Phi) is 2.88. The highest BCUT2D eigenvalue weighted by atomic mass is 16.5. The predicted molar refractivity (Wildman–Crippen MR) is 59.1 cm³/mol. The van der Waals surface area contributed by atoms with Crippen molar-refractivity contribution in [2.75, 3.05) is 6.61 Å². The van der Waals surface area contributed by atoms with Crippen LogP contribution in [0.1, 0.15) is 40.5 Å². The molecule has 14 heavy (non-hydrogen) atoms. The molecule has 2 bridgehead atoms. The summed E-state index contributed by atoms with van der Waals surface area (Å²) in [6.07, 6.45) is 3.32. The minimum absolute atomic E-state index is 0.576. The molecule has 2 aliphatic heterocycles. The van der Waals surface area contributed by atoms with Crippen molar-refractivity contribution >= 4 is 0 Å². The summed E-state index contributed by atoms with van der Waals surface area (Å²) in [5, 5.41) is 0. The van der Waals surface area contributed by atoms with E-state index in [1.54, 1.807) is 0 Å². The van der Waals surface area contributed by atoms with E-state index in [4.69, 9.17) is 4.74 Å². The summed E-state index contributed by atoms with van der Waals surface area (Å²) in [4.78, 5) is 0. The average Bonchev–Trinajstić information content (AvgIpc) is 2.18. The van der Waals surface area contributed by atoms with Crippen LogP contribution in [-0.2, 0) is 4.74 Å². The first-order valence-electron chi connectivity index (χ1n) is 6.21. The molecular weight excluding hydrogens is 172 g/mol. The van der Waals surface area contributed by atoms with Crippen molar-refractivity contribution in [2.24, 2.45) is 29.6 Å². The molecule has 0 N–H and O–H groups in total. The topological polar surface area (TPSA) is 9.23 Å². The summed E-state index contributed by atoms with van der Waals surface area (Å²) in [7, 11) is 0. The van der Waals surface area contributed by atoms with Crippen LogP contribution in [0.2, 0.25) is 0 Å². The Hall–Kier alpha value is -0.0400. The van der Waals surface area contributed by atoms with Gasteiger partial charge in [0.05, 0.1) is 12.7 Å². The van der Waals surface area contributed by atoms with Gasteiger partial charge in [0.25, 0.3) is 0 Å². The molecule has 3 rings (SSSR count). The fraction of sp³-hybridized carbons (Fsp3) is 1.00. The SMILES string of the molecule is CC(C)C1CC2OCC1CC2C(C)C. The monoisotopic (exact) mass is 196 g/mol. The third kappa shape index (κ3) is 1.71. The Morgan fingerprint density at radius 1 is 0.929 bits per heavy atom. The van der Waals surface area contributed by atoms with Crippen molar-refractivity contribution in [1.82, 2.24) is 0 Å². The predicted octanol–water partition coefficient (Wildman–Crippen LogP) is 3.34. The lowest BCUT2D eigenvalue weighted by Gasteiger charge is -2.50. The highest BCUT2D eigenvalue weighted by Crippen LogP contribution is 2.46. The Morgan fingerprint density at radius 3 is 2.00 bits per heavy atom. The van der Waals surface area contributed by atoms with Gasteiger partial charge < -0.3 is 4.74 Å². The first-order chi connectivity index (χ1) is 6.59. The van der Waals surface area contributed by atoms with Crippen molar-refractivity contribution in [2.45, 2.75) is 46.6 Å². The van der Waals surface area contributed by atoms with Gasteiger partial charge in [-0.1, -0.05) is 27.7 Å². The van der Waals surface area contributed by atoms with Gasteiger partial charge in [0.15, 0.2) is 0 Å². The second kappa shape index (κ2) is 3.84. The number of ether oxygens (including phenoxy) is 1. The molecule has 0 aromatic carbocycles. The third-order valence-electron chi connectivity index (χ3n) is 4.40. The Bertz CT molecular complexity index is 175. The molecule has 0 amide bonds. The smallest absolute Gasteiger partial charge is 0.0608 e. The van der Waals surface area contributed by atoms with Crippen LogP contribution >= 0.6 is 0 Å². The number of fused-ring (bicyclic) bond motifs is 3. The van der Waals surface area contributed by atoms with Crippen molar-refractivity contribution in [1.29, 1.82) is 0 Å². The Labute approximate surface area is 88.2 Å². The second-order valence-corrected chi connectivity index (χ2v) is 5.92. The van der Waals surface area contributed by atoms with Crippen LogP contribution in [0.25, 0.3) is 0 Å². The maximum Gasteiger partial charge on any atom is 0.0608 e. The van der Waals surface area contributed by atoms with Gasteiger partial charge in [-0.25, -0.2) is 0 Å². The molecule has 2 heterocycles. The molecule has 4 atom stereocenters. The Balaban J connectivity index is 2.05. The molecule has 3 fully saturated rings. The average molecular weight is 196 g/mol. The van der Waals surface area contributed by atoms with Gasteiger partial charge in [-0.15, -0.1) is 0 Å². The van der Waals surface area contributed by atoms with E-state index in [9.17, 15) is 0 Å². The molecule has 0 radical (unpaired) electrons. The Morgan fingerprint density at radius 2 is 1.57 bits per heavy atom. The van der Waals surface area contributed by atoms with E-state index in [0.29, 0.717) is 6.10 Å². The molecule has 0 aromatic rings. The van der Waals surface area contributed by atoms with Crippen LogP contribution in [0.4, 0.5) is 0 Å². The number of hydrogen-bond acceptors (Lipinski definition) is 1. The van der Waals surface area contributed by atoms with Gasteiger partial charge in [-0.2, -0.15) is 0 Å². The fourth-order valence-corrected chi connectivity index (χ4v) is 3.46. The van der Waals surface area contributed by atoms with Gasteiger partial charge in [-0.3, -0.25) is 0 Å². The van der Waals surface area contributed by atoms with Crippen LogP contribution in [0, 0.1) is 29.6 Å². The van der Waals surface area contributed by atoms with Gasteiger partial charge in [0.1, 0.15) is 0 Å². The second-order valence-electron chi connectivity index (χ2n) is 5.92. The summed E-state index contributed by atoms with van der Waals surface area (Å²) in [6.45, 7) is 10.5. The normalized spacial score (nSPS) is 42.4.